The molecule has 0 aliphatic heterocycles. The second-order valence-electron chi connectivity index (χ2n) is 6.58. The van der Waals surface area contributed by atoms with Crippen molar-refractivity contribution in [2.24, 2.45) is 23.2 Å². The third kappa shape index (κ3) is 2.18. The van der Waals surface area contributed by atoms with Crippen molar-refractivity contribution >= 4 is 0 Å². The van der Waals surface area contributed by atoms with Crippen molar-refractivity contribution in [3.8, 4) is 0 Å². The monoisotopic (exact) mass is 260 g/mol. The summed E-state index contributed by atoms with van der Waals surface area (Å²) >= 11 is 0. The highest BCUT2D eigenvalue weighted by atomic mass is 19.3. The van der Waals surface area contributed by atoms with Crippen molar-refractivity contribution in [2.45, 2.75) is 44.6 Å². The predicted octanol–water partition coefficient (Wildman–Crippen LogP) is 3.11. The number of ether oxygens (including phenoxy) is 2. The first-order valence-corrected chi connectivity index (χ1v) is 7.00. The first-order valence-electron chi connectivity index (χ1n) is 7.00. The summed E-state index contributed by atoms with van der Waals surface area (Å²) < 4.78 is 35.2. The molecule has 0 amide bonds. The van der Waals surface area contributed by atoms with Gasteiger partial charge in [-0.1, -0.05) is 0 Å². The average molecular weight is 260 g/mol. The number of alkyl halides is 2. The van der Waals surface area contributed by atoms with E-state index in [0.717, 1.165) is 18.8 Å². The van der Waals surface area contributed by atoms with Crippen LogP contribution in [-0.2, 0) is 9.47 Å². The van der Waals surface area contributed by atoms with Crippen molar-refractivity contribution in [2.75, 3.05) is 20.3 Å². The van der Waals surface area contributed by atoms with Crippen LogP contribution in [0.5, 0.6) is 0 Å². The third-order valence-corrected chi connectivity index (χ3v) is 5.24. The van der Waals surface area contributed by atoms with Crippen LogP contribution in [0.25, 0.3) is 0 Å². The maximum atomic E-state index is 12.2. The number of halogens is 2. The van der Waals surface area contributed by atoms with Gasteiger partial charge in [0.2, 0.25) is 0 Å². The molecule has 2 nitrogen and oxygen atoms in total. The van der Waals surface area contributed by atoms with Crippen LogP contribution in [0, 0.1) is 23.2 Å². The highest BCUT2D eigenvalue weighted by Gasteiger charge is 2.55. The lowest BCUT2D eigenvalue weighted by Crippen LogP contribution is -2.55. The van der Waals surface area contributed by atoms with E-state index in [1.807, 2.05) is 7.11 Å². The quantitative estimate of drug-likeness (QED) is 0.756. The van der Waals surface area contributed by atoms with Crippen LogP contribution in [0.4, 0.5) is 8.78 Å². The van der Waals surface area contributed by atoms with E-state index in [2.05, 4.69) is 0 Å². The van der Waals surface area contributed by atoms with Gasteiger partial charge >= 0.3 is 0 Å². The number of hydrogen-bond donors (Lipinski definition) is 0. The molecule has 0 spiro atoms. The zero-order chi connectivity index (χ0) is 12.8. The molecule has 4 rings (SSSR count). The Labute approximate surface area is 107 Å². The molecular formula is C14H22F2O2. The molecule has 0 heterocycles. The molecular weight excluding hydrogens is 238 g/mol. The topological polar surface area (TPSA) is 18.5 Å². The van der Waals surface area contributed by atoms with Gasteiger partial charge in [0.05, 0.1) is 12.7 Å². The molecule has 2 atom stereocenters. The highest BCUT2D eigenvalue weighted by Crippen LogP contribution is 2.60. The second kappa shape index (κ2) is 4.71. The Morgan fingerprint density at radius 2 is 1.83 bits per heavy atom. The molecule has 104 valence electrons. The maximum absolute atomic E-state index is 12.2. The molecule has 0 aromatic carbocycles. The van der Waals surface area contributed by atoms with E-state index >= 15 is 0 Å². The zero-order valence-corrected chi connectivity index (χ0v) is 10.9. The summed E-state index contributed by atoms with van der Waals surface area (Å²) in [7, 11) is 1.81. The average Bonchev–Trinajstić information content (AvgIpc) is 2.27. The molecule has 18 heavy (non-hydrogen) atoms. The fraction of sp³-hybridized carbons (Fsp3) is 1.00. The first-order chi connectivity index (χ1) is 8.62. The second-order valence-corrected chi connectivity index (χ2v) is 6.58. The first kappa shape index (κ1) is 12.8. The Morgan fingerprint density at radius 1 is 1.17 bits per heavy atom. The number of rotatable bonds is 5. The van der Waals surface area contributed by atoms with E-state index in [0.29, 0.717) is 24.5 Å². The molecule has 4 aliphatic rings. The SMILES string of the molecule is COC1C2CC3CC1CC(COCC(F)F)(C3)C2. The summed E-state index contributed by atoms with van der Waals surface area (Å²) in [5.41, 5.74) is 0.181. The normalized spacial score (nSPS) is 46.0. The van der Waals surface area contributed by atoms with E-state index in [1.54, 1.807) is 0 Å². The Morgan fingerprint density at radius 3 is 2.39 bits per heavy atom. The zero-order valence-electron chi connectivity index (χ0n) is 10.9. The molecule has 0 aromatic heterocycles. The number of methoxy groups -OCH3 is 1. The van der Waals surface area contributed by atoms with Gasteiger partial charge in [-0.05, 0) is 55.3 Å². The van der Waals surface area contributed by atoms with E-state index in [1.165, 1.54) is 19.3 Å². The van der Waals surface area contributed by atoms with Crippen LogP contribution in [0.15, 0.2) is 0 Å². The Bertz CT molecular complexity index is 292. The number of hydrogen-bond acceptors (Lipinski definition) is 2. The summed E-state index contributed by atoms with van der Waals surface area (Å²) in [5.74, 6) is 2.05. The molecule has 4 heteroatoms. The van der Waals surface area contributed by atoms with Gasteiger partial charge in [0.15, 0.2) is 0 Å². The molecule has 0 N–H and O–H groups in total. The Hall–Kier alpha value is -0.220. The minimum absolute atomic E-state index is 0.181. The molecule has 4 fully saturated rings. The van der Waals surface area contributed by atoms with Crippen LogP contribution in [0.1, 0.15) is 32.1 Å². The summed E-state index contributed by atoms with van der Waals surface area (Å²) in [5, 5.41) is 0. The summed E-state index contributed by atoms with van der Waals surface area (Å²) in [6.45, 7) is 0.118. The van der Waals surface area contributed by atoms with E-state index < -0.39 is 13.0 Å². The van der Waals surface area contributed by atoms with Crippen molar-refractivity contribution < 1.29 is 18.3 Å². The van der Waals surface area contributed by atoms with Crippen LogP contribution < -0.4 is 0 Å². The molecule has 0 saturated heterocycles. The largest absolute Gasteiger partial charge is 0.381 e. The third-order valence-electron chi connectivity index (χ3n) is 5.24. The summed E-state index contributed by atoms with van der Waals surface area (Å²) in [6, 6.07) is 0. The lowest BCUT2D eigenvalue weighted by atomic mass is 9.49. The van der Waals surface area contributed by atoms with Gasteiger partial charge in [-0.25, -0.2) is 8.78 Å². The Balaban J connectivity index is 1.64. The van der Waals surface area contributed by atoms with Crippen LogP contribution in [0.2, 0.25) is 0 Å². The van der Waals surface area contributed by atoms with Gasteiger partial charge in [0.25, 0.3) is 6.43 Å². The molecule has 2 unspecified atom stereocenters. The van der Waals surface area contributed by atoms with Crippen LogP contribution >= 0.6 is 0 Å². The van der Waals surface area contributed by atoms with Gasteiger partial charge in [0, 0.05) is 7.11 Å². The van der Waals surface area contributed by atoms with E-state index in [9.17, 15) is 8.78 Å². The summed E-state index contributed by atoms with van der Waals surface area (Å²) in [4.78, 5) is 0. The highest BCUT2D eigenvalue weighted by molar-refractivity contribution is 5.05. The minimum atomic E-state index is -2.34. The molecule has 4 bridgehead atoms. The maximum Gasteiger partial charge on any atom is 0.261 e. The lowest BCUT2D eigenvalue weighted by molar-refractivity contribution is -0.169. The Kier molecular flexibility index (Phi) is 3.35. The van der Waals surface area contributed by atoms with Crippen LogP contribution in [0.3, 0.4) is 0 Å². The van der Waals surface area contributed by atoms with Gasteiger partial charge in [-0.3, -0.25) is 0 Å². The van der Waals surface area contributed by atoms with Crippen molar-refractivity contribution in [1.82, 2.24) is 0 Å². The fourth-order valence-corrected chi connectivity index (χ4v) is 5.07. The van der Waals surface area contributed by atoms with Gasteiger partial charge in [-0.15, -0.1) is 0 Å². The smallest absolute Gasteiger partial charge is 0.261 e. The van der Waals surface area contributed by atoms with Crippen LogP contribution in [-0.4, -0.2) is 32.9 Å². The lowest BCUT2D eigenvalue weighted by Gasteiger charge is -2.59. The summed E-state index contributed by atoms with van der Waals surface area (Å²) in [6.07, 6.45) is 4.01. The van der Waals surface area contributed by atoms with Crippen molar-refractivity contribution in [3.05, 3.63) is 0 Å². The standard InChI is InChI=1S/C14H22F2O2/c1-17-13-10-2-9-3-11(13)6-14(4-9,5-10)8-18-7-12(15)16/h9-13H,2-8H2,1H3. The van der Waals surface area contributed by atoms with Gasteiger partial charge < -0.3 is 9.47 Å². The fourth-order valence-electron chi connectivity index (χ4n) is 5.07. The predicted molar refractivity (Wildman–Crippen MR) is 63.6 cm³/mol. The van der Waals surface area contributed by atoms with Gasteiger partial charge in [-0.2, -0.15) is 0 Å². The van der Waals surface area contributed by atoms with Crippen molar-refractivity contribution in [3.63, 3.8) is 0 Å². The molecule has 0 radical (unpaired) electrons. The molecule has 4 saturated carbocycles. The van der Waals surface area contributed by atoms with E-state index in [4.69, 9.17) is 9.47 Å². The van der Waals surface area contributed by atoms with Gasteiger partial charge in [0.1, 0.15) is 6.61 Å². The van der Waals surface area contributed by atoms with E-state index in [-0.39, 0.29) is 5.41 Å². The molecule has 4 aliphatic carbocycles. The minimum Gasteiger partial charge on any atom is -0.381 e. The molecule has 0 aromatic rings. The van der Waals surface area contributed by atoms with Crippen molar-refractivity contribution in [1.29, 1.82) is 0 Å².